The molecule has 0 fully saturated rings. The van der Waals surface area contributed by atoms with Gasteiger partial charge in [0.1, 0.15) is 5.76 Å². The number of carbonyl (C=O) groups is 1. The molecule has 7 heteroatoms. The van der Waals surface area contributed by atoms with E-state index in [0.29, 0.717) is 11.7 Å². The van der Waals surface area contributed by atoms with Gasteiger partial charge < -0.3 is 14.7 Å². The van der Waals surface area contributed by atoms with Crippen LogP contribution in [0.25, 0.3) is 22.4 Å². The van der Waals surface area contributed by atoms with Crippen LogP contribution in [0.2, 0.25) is 0 Å². The molecule has 0 aliphatic rings. The zero-order valence-electron chi connectivity index (χ0n) is 15.2. The number of oxazole rings is 1. The molecule has 0 saturated carbocycles. The van der Waals surface area contributed by atoms with E-state index in [2.05, 4.69) is 15.3 Å². The molecule has 0 bridgehead atoms. The zero-order valence-corrected chi connectivity index (χ0v) is 15.2. The number of alkyl halides is 2. The molecular weight excluding hydrogens is 364 g/mol. The highest BCUT2D eigenvalue weighted by molar-refractivity contribution is 6.03. The molecule has 5 nitrogen and oxygen atoms in total. The van der Waals surface area contributed by atoms with Crippen molar-refractivity contribution in [1.82, 2.24) is 9.97 Å². The smallest absolute Gasteiger partial charge is 0.277 e. The van der Waals surface area contributed by atoms with Crippen LogP contribution in [-0.2, 0) is 5.92 Å². The van der Waals surface area contributed by atoms with E-state index in [9.17, 15) is 13.6 Å². The van der Waals surface area contributed by atoms with Gasteiger partial charge in [-0.2, -0.15) is 0 Å². The number of halogens is 2. The summed E-state index contributed by atoms with van der Waals surface area (Å²) in [7, 11) is 0. The molecular formula is C21H17F2N3O2. The molecule has 0 atom stereocenters. The number of hydrogen-bond donors (Lipinski definition) is 2. The minimum Gasteiger partial charge on any atom is -0.441 e. The van der Waals surface area contributed by atoms with Crippen LogP contribution in [0, 0.1) is 6.92 Å². The van der Waals surface area contributed by atoms with Gasteiger partial charge in [0.2, 0.25) is 5.89 Å². The van der Waals surface area contributed by atoms with Gasteiger partial charge in [0.15, 0.2) is 5.69 Å². The predicted octanol–water partition coefficient (Wildman–Crippen LogP) is 5.50. The average Bonchev–Trinajstić information content (AvgIpc) is 3.27. The lowest BCUT2D eigenvalue weighted by Gasteiger charge is -2.12. The van der Waals surface area contributed by atoms with Crippen LogP contribution < -0.4 is 5.32 Å². The molecule has 0 spiro atoms. The summed E-state index contributed by atoms with van der Waals surface area (Å²) in [6.45, 7) is 2.44. The van der Waals surface area contributed by atoms with Crippen LogP contribution in [-0.4, -0.2) is 15.9 Å². The Balaban J connectivity index is 1.60. The highest BCUT2D eigenvalue weighted by Gasteiger charge is 2.25. The number of H-pyrrole nitrogens is 1. The van der Waals surface area contributed by atoms with Crippen molar-refractivity contribution >= 4 is 22.5 Å². The third-order valence-corrected chi connectivity index (χ3v) is 4.44. The summed E-state index contributed by atoms with van der Waals surface area (Å²) >= 11 is 0. The summed E-state index contributed by atoms with van der Waals surface area (Å²) in [5.41, 5.74) is 1.85. The van der Waals surface area contributed by atoms with Gasteiger partial charge in [0, 0.05) is 35.5 Å². The first-order valence-corrected chi connectivity index (χ1v) is 8.66. The molecule has 0 aliphatic heterocycles. The number of aromatic amines is 1. The highest BCUT2D eigenvalue weighted by atomic mass is 19.3. The minimum atomic E-state index is -2.99. The number of rotatable bonds is 4. The van der Waals surface area contributed by atoms with E-state index < -0.39 is 11.8 Å². The predicted molar refractivity (Wildman–Crippen MR) is 102 cm³/mol. The van der Waals surface area contributed by atoms with Crippen LogP contribution in [0.15, 0.2) is 59.1 Å². The fraction of sp³-hybridized carbons (Fsp3) is 0.143. The van der Waals surface area contributed by atoms with Gasteiger partial charge in [0.25, 0.3) is 11.8 Å². The number of aryl methyl sites for hydroxylation is 1. The molecule has 4 aromatic rings. The van der Waals surface area contributed by atoms with Gasteiger partial charge in [-0.05, 0) is 42.6 Å². The van der Waals surface area contributed by atoms with E-state index in [4.69, 9.17) is 4.42 Å². The summed E-state index contributed by atoms with van der Waals surface area (Å²) in [4.78, 5) is 20.0. The third kappa shape index (κ3) is 3.38. The molecule has 2 heterocycles. The van der Waals surface area contributed by atoms with Crippen molar-refractivity contribution in [3.8, 4) is 11.5 Å². The molecule has 0 aliphatic carbocycles. The number of aromatic nitrogens is 2. The number of amides is 1. The number of nitrogens with zero attached hydrogens (tertiary/aromatic N) is 1. The normalized spacial score (nSPS) is 11.7. The molecule has 2 aromatic heterocycles. The van der Waals surface area contributed by atoms with Crippen molar-refractivity contribution in [1.29, 1.82) is 0 Å². The van der Waals surface area contributed by atoms with Gasteiger partial charge in [-0.1, -0.05) is 18.2 Å². The van der Waals surface area contributed by atoms with Crippen LogP contribution >= 0.6 is 0 Å². The standard InChI is InChI=1S/C21H17F2N3O2/c1-12-18(19(27)25-16-5-3-4-15(11-16)21(2,22)23)26-20(28-12)14-7-6-13-8-9-24-17(13)10-14/h3-11,24H,1-2H3,(H,25,27). The lowest BCUT2D eigenvalue weighted by Crippen LogP contribution is -2.14. The summed E-state index contributed by atoms with van der Waals surface area (Å²) in [6.07, 6.45) is 1.84. The van der Waals surface area contributed by atoms with Gasteiger partial charge in [0.05, 0.1) is 0 Å². The van der Waals surface area contributed by atoms with Gasteiger partial charge in [-0.3, -0.25) is 4.79 Å². The number of benzene rings is 2. The molecule has 0 unspecified atom stereocenters. The van der Waals surface area contributed by atoms with Crippen LogP contribution in [0.5, 0.6) is 0 Å². The maximum atomic E-state index is 13.5. The minimum absolute atomic E-state index is 0.107. The summed E-state index contributed by atoms with van der Waals surface area (Å²) < 4.78 is 32.6. The second-order valence-electron chi connectivity index (χ2n) is 6.63. The Morgan fingerprint density at radius 3 is 2.79 bits per heavy atom. The average molecular weight is 381 g/mol. The van der Waals surface area contributed by atoms with E-state index >= 15 is 0 Å². The zero-order chi connectivity index (χ0) is 19.9. The van der Waals surface area contributed by atoms with E-state index in [0.717, 1.165) is 23.4 Å². The molecule has 0 saturated heterocycles. The van der Waals surface area contributed by atoms with Crippen molar-refractivity contribution in [2.75, 3.05) is 5.32 Å². The molecule has 2 aromatic carbocycles. The van der Waals surface area contributed by atoms with Crippen molar-refractivity contribution in [2.24, 2.45) is 0 Å². The van der Waals surface area contributed by atoms with E-state index in [1.807, 2.05) is 30.5 Å². The summed E-state index contributed by atoms with van der Waals surface area (Å²) in [5, 5.41) is 3.65. The Labute approximate surface area is 159 Å². The summed E-state index contributed by atoms with van der Waals surface area (Å²) in [6, 6.07) is 13.2. The second-order valence-corrected chi connectivity index (χ2v) is 6.63. The first kappa shape index (κ1) is 17.9. The third-order valence-electron chi connectivity index (χ3n) is 4.44. The fourth-order valence-corrected chi connectivity index (χ4v) is 2.97. The molecule has 1 amide bonds. The van der Waals surface area contributed by atoms with Crippen LogP contribution in [0.1, 0.15) is 28.7 Å². The topological polar surface area (TPSA) is 70.9 Å². The maximum absolute atomic E-state index is 13.5. The molecule has 2 N–H and O–H groups in total. The number of hydrogen-bond acceptors (Lipinski definition) is 3. The molecule has 0 radical (unpaired) electrons. The highest BCUT2D eigenvalue weighted by Crippen LogP contribution is 2.29. The van der Waals surface area contributed by atoms with Crippen molar-refractivity contribution in [3.63, 3.8) is 0 Å². The molecule has 142 valence electrons. The first-order chi connectivity index (χ1) is 13.3. The van der Waals surface area contributed by atoms with Gasteiger partial charge in [-0.15, -0.1) is 0 Å². The van der Waals surface area contributed by atoms with Gasteiger partial charge >= 0.3 is 0 Å². The molecule has 4 rings (SSSR count). The van der Waals surface area contributed by atoms with E-state index in [1.165, 1.54) is 18.2 Å². The Morgan fingerprint density at radius 2 is 2.00 bits per heavy atom. The number of carbonyl (C=O) groups excluding carboxylic acids is 1. The van der Waals surface area contributed by atoms with Crippen LogP contribution in [0.4, 0.5) is 14.5 Å². The first-order valence-electron chi connectivity index (χ1n) is 8.66. The lowest BCUT2D eigenvalue weighted by atomic mass is 10.1. The van der Waals surface area contributed by atoms with Crippen LogP contribution in [0.3, 0.4) is 0 Å². The monoisotopic (exact) mass is 381 g/mol. The Hall–Kier alpha value is -3.48. The van der Waals surface area contributed by atoms with Crippen molar-refractivity contribution < 1.29 is 18.0 Å². The maximum Gasteiger partial charge on any atom is 0.277 e. The number of anilines is 1. The largest absolute Gasteiger partial charge is 0.441 e. The Bertz CT molecular complexity index is 1170. The SMILES string of the molecule is Cc1oc(-c2ccc3cc[nH]c3c2)nc1C(=O)Nc1cccc(C(C)(F)F)c1. The second kappa shape index (κ2) is 6.60. The van der Waals surface area contributed by atoms with E-state index in [1.54, 1.807) is 13.0 Å². The Kier molecular flexibility index (Phi) is 4.22. The number of fused-ring (bicyclic) bond motifs is 1. The molecule has 28 heavy (non-hydrogen) atoms. The summed E-state index contributed by atoms with van der Waals surface area (Å²) in [5.74, 6) is -2.86. The van der Waals surface area contributed by atoms with Crippen molar-refractivity contribution in [2.45, 2.75) is 19.8 Å². The number of nitrogens with one attached hydrogen (secondary N) is 2. The Morgan fingerprint density at radius 1 is 1.18 bits per heavy atom. The lowest BCUT2D eigenvalue weighted by molar-refractivity contribution is 0.0175. The quantitative estimate of drug-likeness (QED) is 0.491. The van der Waals surface area contributed by atoms with Gasteiger partial charge in [-0.25, -0.2) is 13.8 Å². The van der Waals surface area contributed by atoms with Crippen molar-refractivity contribution in [3.05, 3.63) is 71.7 Å². The fourth-order valence-electron chi connectivity index (χ4n) is 2.97. The van der Waals surface area contributed by atoms with E-state index in [-0.39, 0.29) is 16.9 Å².